The van der Waals surface area contributed by atoms with Crippen molar-refractivity contribution >= 4 is 22.6 Å². The maximum absolute atomic E-state index is 5.98. The number of ether oxygens (including phenoxy) is 1. The monoisotopic (exact) mass is 411 g/mol. The molecule has 0 unspecified atom stereocenters. The number of hydrazine groups is 1. The van der Waals surface area contributed by atoms with Gasteiger partial charge in [-0.25, -0.2) is 20.9 Å². The maximum Gasteiger partial charge on any atom is 0.222 e. The second-order valence-corrected chi connectivity index (χ2v) is 7.22. The molecule has 3 heterocycles. The summed E-state index contributed by atoms with van der Waals surface area (Å²) >= 11 is 0. The molecule has 0 radical (unpaired) electrons. The van der Waals surface area contributed by atoms with Crippen LogP contribution in [0.25, 0.3) is 22.3 Å². The Morgan fingerprint density at radius 2 is 2.17 bits per heavy atom. The standard InChI is InChI=1S/C20H29N9O/c1-6-30-20-13(8-7-9-23-20)14-10-15(24-11-16(21)26-29(5)22)17-18(12(2)3)27-28(4)19(17)25-14/h7-10,12H,6,11,22H2,1-5H3,(H2,21,26)(H,24,25). The molecule has 0 aromatic carbocycles. The van der Waals surface area contributed by atoms with Crippen molar-refractivity contribution in [1.82, 2.24) is 24.9 Å². The molecule has 0 spiro atoms. The van der Waals surface area contributed by atoms with E-state index in [0.29, 0.717) is 24.9 Å². The Morgan fingerprint density at radius 3 is 2.83 bits per heavy atom. The fourth-order valence-electron chi connectivity index (χ4n) is 3.22. The Hall–Kier alpha value is -3.40. The van der Waals surface area contributed by atoms with Gasteiger partial charge in [-0.05, 0) is 31.0 Å². The second-order valence-electron chi connectivity index (χ2n) is 7.22. The van der Waals surface area contributed by atoms with Crippen LogP contribution >= 0.6 is 0 Å². The first-order valence-corrected chi connectivity index (χ1v) is 9.82. The van der Waals surface area contributed by atoms with Crippen LogP contribution in [0.5, 0.6) is 5.88 Å². The summed E-state index contributed by atoms with van der Waals surface area (Å²) in [5, 5.41) is 14.2. The number of nitrogens with one attached hydrogen (secondary N) is 1. The van der Waals surface area contributed by atoms with Gasteiger partial charge in [-0.3, -0.25) is 4.68 Å². The molecule has 0 amide bonds. The van der Waals surface area contributed by atoms with E-state index < -0.39 is 0 Å². The first kappa shape index (κ1) is 21.3. The molecule has 160 valence electrons. The topological polar surface area (TPSA) is 132 Å². The highest BCUT2D eigenvalue weighted by molar-refractivity contribution is 5.96. The number of rotatable bonds is 8. The molecule has 3 aromatic rings. The summed E-state index contributed by atoms with van der Waals surface area (Å²) in [6, 6.07) is 5.77. The normalized spacial score (nSPS) is 11.9. The van der Waals surface area contributed by atoms with Gasteiger partial charge in [0.15, 0.2) is 5.65 Å². The number of pyridine rings is 2. The van der Waals surface area contributed by atoms with Crippen molar-refractivity contribution in [2.45, 2.75) is 26.7 Å². The van der Waals surface area contributed by atoms with E-state index in [1.807, 2.05) is 32.2 Å². The van der Waals surface area contributed by atoms with Crippen LogP contribution in [0, 0.1) is 0 Å². The van der Waals surface area contributed by atoms with Gasteiger partial charge in [0.1, 0.15) is 5.84 Å². The molecule has 0 bridgehead atoms. The van der Waals surface area contributed by atoms with Crippen LogP contribution in [-0.4, -0.2) is 50.9 Å². The Bertz CT molecular complexity index is 1060. The number of nitrogens with two attached hydrogens (primary N) is 2. The van der Waals surface area contributed by atoms with Gasteiger partial charge in [0.2, 0.25) is 5.88 Å². The van der Waals surface area contributed by atoms with E-state index in [9.17, 15) is 0 Å². The number of hydrogen-bond acceptors (Lipinski definition) is 8. The number of amidine groups is 1. The summed E-state index contributed by atoms with van der Waals surface area (Å²) < 4.78 is 7.50. The molecule has 10 heteroatoms. The predicted octanol–water partition coefficient (Wildman–Crippen LogP) is 2.04. The average molecular weight is 412 g/mol. The lowest BCUT2D eigenvalue weighted by Crippen LogP contribution is -2.29. The molecular weight excluding hydrogens is 382 g/mol. The minimum absolute atomic E-state index is 0.223. The van der Waals surface area contributed by atoms with Gasteiger partial charge in [0, 0.05) is 26.0 Å². The summed E-state index contributed by atoms with van der Waals surface area (Å²) in [4.78, 5) is 9.23. The zero-order valence-electron chi connectivity index (χ0n) is 18.0. The van der Waals surface area contributed by atoms with E-state index in [1.54, 1.807) is 17.9 Å². The van der Waals surface area contributed by atoms with Crippen molar-refractivity contribution < 1.29 is 4.74 Å². The lowest BCUT2D eigenvalue weighted by Gasteiger charge is -2.14. The fourth-order valence-corrected chi connectivity index (χ4v) is 3.22. The largest absolute Gasteiger partial charge is 0.477 e. The van der Waals surface area contributed by atoms with Crippen molar-refractivity contribution in [1.29, 1.82) is 0 Å². The minimum atomic E-state index is 0.223. The van der Waals surface area contributed by atoms with Crippen molar-refractivity contribution in [3.8, 4) is 17.1 Å². The minimum Gasteiger partial charge on any atom is -0.477 e. The van der Waals surface area contributed by atoms with E-state index in [-0.39, 0.29) is 5.92 Å². The summed E-state index contributed by atoms with van der Waals surface area (Å²) in [6.07, 6.45) is 1.70. The lowest BCUT2D eigenvalue weighted by molar-refractivity contribution is 0.328. The molecule has 0 aliphatic carbocycles. The predicted molar refractivity (Wildman–Crippen MR) is 119 cm³/mol. The smallest absolute Gasteiger partial charge is 0.222 e. The molecule has 0 saturated heterocycles. The van der Waals surface area contributed by atoms with Crippen LogP contribution in [0.2, 0.25) is 0 Å². The molecule has 10 nitrogen and oxygen atoms in total. The highest BCUT2D eigenvalue weighted by Crippen LogP contribution is 2.35. The van der Waals surface area contributed by atoms with Crippen molar-refractivity contribution in [2.75, 3.05) is 25.5 Å². The number of aromatic nitrogens is 4. The van der Waals surface area contributed by atoms with E-state index in [1.165, 1.54) is 5.12 Å². The Morgan fingerprint density at radius 1 is 1.40 bits per heavy atom. The number of fused-ring (bicyclic) bond motifs is 1. The molecule has 0 fully saturated rings. The van der Waals surface area contributed by atoms with Gasteiger partial charge in [0.05, 0.1) is 35.5 Å². The zero-order valence-corrected chi connectivity index (χ0v) is 18.0. The van der Waals surface area contributed by atoms with Crippen LogP contribution in [0.3, 0.4) is 0 Å². The number of nitrogens with zero attached hydrogens (tertiary/aromatic N) is 6. The lowest BCUT2D eigenvalue weighted by atomic mass is 10.0. The molecule has 0 atom stereocenters. The Balaban J connectivity index is 2.16. The molecule has 5 N–H and O–H groups in total. The summed E-state index contributed by atoms with van der Waals surface area (Å²) in [6.45, 7) is 6.96. The van der Waals surface area contributed by atoms with Gasteiger partial charge in [-0.2, -0.15) is 5.10 Å². The van der Waals surface area contributed by atoms with Crippen molar-refractivity contribution in [3.05, 3.63) is 30.1 Å². The molecule has 0 aliphatic rings. The third-order valence-corrected chi connectivity index (χ3v) is 4.44. The Kier molecular flexibility index (Phi) is 6.36. The third-order valence-electron chi connectivity index (χ3n) is 4.44. The average Bonchev–Trinajstić information content (AvgIpc) is 3.03. The van der Waals surface area contributed by atoms with Crippen LogP contribution in [0.4, 0.5) is 5.69 Å². The molecule has 0 aliphatic heterocycles. The quantitative estimate of drug-likeness (QED) is 0.222. The third kappa shape index (κ3) is 4.43. The SMILES string of the molecule is CCOc1ncccc1-c1cc(NC/C(N)=N/N(C)N)c2c(C(C)C)nn(C)c2n1. The molecular formula is C20H29N9O. The first-order valence-electron chi connectivity index (χ1n) is 9.82. The van der Waals surface area contributed by atoms with Gasteiger partial charge >= 0.3 is 0 Å². The molecule has 0 saturated carbocycles. The van der Waals surface area contributed by atoms with E-state index in [2.05, 4.69) is 29.2 Å². The number of hydrogen-bond donors (Lipinski definition) is 3. The van der Waals surface area contributed by atoms with Crippen molar-refractivity contribution in [2.24, 2.45) is 23.7 Å². The van der Waals surface area contributed by atoms with Crippen molar-refractivity contribution in [3.63, 3.8) is 0 Å². The van der Waals surface area contributed by atoms with E-state index >= 15 is 0 Å². The highest BCUT2D eigenvalue weighted by atomic mass is 16.5. The molecule has 3 rings (SSSR count). The summed E-state index contributed by atoms with van der Waals surface area (Å²) in [7, 11) is 3.51. The number of aryl methyl sites for hydroxylation is 1. The second kappa shape index (κ2) is 8.95. The van der Waals surface area contributed by atoms with Gasteiger partial charge < -0.3 is 15.8 Å². The van der Waals surface area contributed by atoms with Gasteiger partial charge in [-0.1, -0.05) is 13.8 Å². The van der Waals surface area contributed by atoms with E-state index in [0.717, 1.165) is 33.7 Å². The first-order chi connectivity index (χ1) is 14.3. The molecule has 30 heavy (non-hydrogen) atoms. The van der Waals surface area contributed by atoms with Crippen LogP contribution in [0.15, 0.2) is 29.5 Å². The molecule has 3 aromatic heterocycles. The van der Waals surface area contributed by atoms with Crippen LogP contribution in [-0.2, 0) is 7.05 Å². The van der Waals surface area contributed by atoms with Gasteiger partial charge in [0.25, 0.3) is 0 Å². The van der Waals surface area contributed by atoms with Gasteiger partial charge in [-0.15, -0.1) is 5.10 Å². The fraction of sp³-hybridized carbons (Fsp3) is 0.400. The Labute approximate surface area is 175 Å². The maximum atomic E-state index is 5.98. The summed E-state index contributed by atoms with van der Waals surface area (Å²) in [5.41, 5.74) is 10.1. The van der Waals surface area contributed by atoms with Crippen LogP contribution < -0.4 is 21.6 Å². The summed E-state index contributed by atoms with van der Waals surface area (Å²) in [5.74, 6) is 6.68. The highest BCUT2D eigenvalue weighted by Gasteiger charge is 2.20. The zero-order chi connectivity index (χ0) is 21.8. The number of anilines is 1. The van der Waals surface area contributed by atoms with E-state index in [4.69, 9.17) is 26.4 Å². The van der Waals surface area contributed by atoms with Crippen LogP contribution in [0.1, 0.15) is 32.4 Å². The number of hydrazone groups is 1.